The van der Waals surface area contributed by atoms with Crippen LogP contribution in [0.25, 0.3) is 0 Å². The predicted molar refractivity (Wildman–Crippen MR) is 307 cm³/mol. The molecule has 0 aliphatic heterocycles. The summed E-state index contributed by atoms with van der Waals surface area (Å²) in [5.41, 5.74) is 0. The van der Waals surface area contributed by atoms with E-state index in [2.05, 4.69) is 106 Å². The van der Waals surface area contributed by atoms with Gasteiger partial charge in [-0.15, -0.1) is 0 Å². The third kappa shape index (κ3) is 57.4. The quantitative estimate of drug-likeness (QED) is 0.0261. The first-order valence-electron chi connectivity index (χ1n) is 30.1. The maximum atomic E-state index is 12.9. The molecule has 0 aromatic rings. The molecule has 0 amide bonds. The monoisotopic (exact) mass is 989 g/mol. The number of carbonyl (C=O) groups is 3. The van der Waals surface area contributed by atoms with E-state index in [0.717, 1.165) is 103 Å². The average molecular weight is 990 g/mol. The Balaban J connectivity index is 4.43. The lowest BCUT2D eigenvalue weighted by Gasteiger charge is -2.18. The lowest BCUT2D eigenvalue weighted by molar-refractivity contribution is -0.167. The summed E-state index contributed by atoms with van der Waals surface area (Å²) in [6, 6.07) is 0. The lowest BCUT2D eigenvalue weighted by Crippen LogP contribution is -2.30. The Bertz CT molecular complexity index is 1370. The molecule has 0 aromatic heterocycles. The minimum absolute atomic E-state index is 0.0949. The van der Waals surface area contributed by atoms with Crippen molar-refractivity contribution in [1.82, 2.24) is 0 Å². The Kier molecular flexibility index (Phi) is 56.3. The topological polar surface area (TPSA) is 78.9 Å². The van der Waals surface area contributed by atoms with Crippen LogP contribution in [0.2, 0.25) is 0 Å². The molecule has 0 spiro atoms. The molecule has 0 N–H and O–H groups in total. The van der Waals surface area contributed by atoms with Gasteiger partial charge in [0.25, 0.3) is 0 Å². The smallest absolute Gasteiger partial charge is 0.306 e. The number of allylic oxidation sites excluding steroid dienone is 14. The maximum Gasteiger partial charge on any atom is 0.306 e. The summed E-state index contributed by atoms with van der Waals surface area (Å²) in [5, 5.41) is 0. The van der Waals surface area contributed by atoms with Gasteiger partial charge < -0.3 is 14.2 Å². The normalized spacial score (nSPS) is 12.7. The van der Waals surface area contributed by atoms with Crippen LogP contribution in [0.1, 0.15) is 290 Å². The zero-order chi connectivity index (χ0) is 51.4. The Labute approximate surface area is 439 Å². The van der Waals surface area contributed by atoms with Gasteiger partial charge in [-0.2, -0.15) is 0 Å². The molecule has 0 bridgehead atoms. The average Bonchev–Trinajstić information content (AvgIpc) is 3.37. The van der Waals surface area contributed by atoms with Crippen LogP contribution in [-0.2, 0) is 28.6 Å². The van der Waals surface area contributed by atoms with Crippen LogP contribution in [0.3, 0.4) is 0 Å². The molecule has 0 heterocycles. The lowest BCUT2D eigenvalue weighted by atomic mass is 10.0. The number of ether oxygens (including phenoxy) is 3. The summed E-state index contributed by atoms with van der Waals surface area (Å²) in [7, 11) is 0. The maximum absolute atomic E-state index is 12.9. The fourth-order valence-electron chi connectivity index (χ4n) is 8.38. The van der Waals surface area contributed by atoms with Crippen LogP contribution in [0.5, 0.6) is 0 Å². The number of hydrogen-bond donors (Lipinski definition) is 0. The second-order valence-corrected chi connectivity index (χ2v) is 19.9. The minimum atomic E-state index is -0.799. The number of rotatable bonds is 54. The SMILES string of the molecule is CC/C=C\C/C=C\C/C=C\C/C=C\CCCCC(=O)OCC(COC(=O)CCCCCCCC/C=C\C/C=C\C/C=C\CCCCCCC)OC(=O)CCCCCCCCCCCCCCCCCCC. The predicted octanol–water partition coefficient (Wildman–Crippen LogP) is 20.3. The van der Waals surface area contributed by atoms with Gasteiger partial charge in [-0.05, 0) is 96.3 Å². The van der Waals surface area contributed by atoms with Crippen molar-refractivity contribution in [2.24, 2.45) is 0 Å². The Hall–Kier alpha value is -3.41. The molecule has 0 saturated carbocycles. The number of carbonyl (C=O) groups excluding carboxylic acids is 3. The van der Waals surface area contributed by atoms with Crippen molar-refractivity contribution >= 4 is 17.9 Å². The molecule has 6 heteroatoms. The van der Waals surface area contributed by atoms with E-state index in [1.54, 1.807) is 0 Å². The number of hydrogen-bond acceptors (Lipinski definition) is 6. The van der Waals surface area contributed by atoms with Crippen molar-refractivity contribution in [2.75, 3.05) is 13.2 Å². The van der Waals surface area contributed by atoms with E-state index in [9.17, 15) is 14.4 Å². The largest absolute Gasteiger partial charge is 0.462 e. The van der Waals surface area contributed by atoms with Crippen molar-refractivity contribution in [1.29, 1.82) is 0 Å². The van der Waals surface area contributed by atoms with Crippen LogP contribution in [-0.4, -0.2) is 37.2 Å². The second-order valence-electron chi connectivity index (χ2n) is 19.9. The summed E-state index contributed by atoms with van der Waals surface area (Å²) >= 11 is 0. The van der Waals surface area contributed by atoms with E-state index in [4.69, 9.17) is 14.2 Å². The van der Waals surface area contributed by atoms with Crippen LogP contribution in [0.4, 0.5) is 0 Å². The zero-order valence-electron chi connectivity index (χ0n) is 46.7. The second kappa shape index (κ2) is 59.2. The first-order valence-corrected chi connectivity index (χ1v) is 30.1. The standard InChI is InChI=1S/C65H112O6/c1-4-7-10-13-16-19-22-25-28-30-31-32-33-35-37-40-43-46-49-52-55-58-64(67)70-61-62(60-69-63(66)57-54-51-48-45-42-39-36-27-24-21-18-15-12-9-6-3)71-65(68)59-56-53-50-47-44-41-38-34-29-26-23-20-17-14-11-8-5-2/h9,12,18,21-22,25,27,30-31,33,35-36,42,45,62H,4-8,10-11,13-17,19-20,23-24,26,28-29,32,34,37-41,43-44,46-61H2,1-3H3/b12-9-,21-18-,25-22-,31-30-,35-33-,36-27-,45-42-. The Morgan fingerprint density at radius 1 is 0.296 bits per heavy atom. The van der Waals surface area contributed by atoms with Crippen molar-refractivity contribution < 1.29 is 28.6 Å². The Morgan fingerprint density at radius 3 is 0.887 bits per heavy atom. The molecule has 0 aliphatic carbocycles. The molecule has 0 fully saturated rings. The Morgan fingerprint density at radius 2 is 0.549 bits per heavy atom. The van der Waals surface area contributed by atoms with Crippen molar-refractivity contribution in [3.05, 3.63) is 85.1 Å². The van der Waals surface area contributed by atoms with Gasteiger partial charge in [0.05, 0.1) is 0 Å². The van der Waals surface area contributed by atoms with E-state index < -0.39 is 6.10 Å². The molecule has 1 unspecified atom stereocenters. The van der Waals surface area contributed by atoms with Gasteiger partial charge >= 0.3 is 17.9 Å². The van der Waals surface area contributed by atoms with Gasteiger partial charge in [0, 0.05) is 19.3 Å². The highest BCUT2D eigenvalue weighted by atomic mass is 16.6. The fourth-order valence-corrected chi connectivity index (χ4v) is 8.38. The van der Waals surface area contributed by atoms with E-state index in [1.807, 2.05) is 0 Å². The van der Waals surface area contributed by atoms with E-state index in [-0.39, 0.29) is 31.1 Å². The van der Waals surface area contributed by atoms with E-state index in [1.165, 1.54) is 148 Å². The summed E-state index contributed by atoms with van der Waals surface area (Å²) in [6.45, 7) is 6.49. The minimum Gasteiger partial charge on any atom is -0.462 e. The third-order valence-electron chi connectivity index (χ3n) is 12.9. The van der Waals surface area contributed by atoms with Gasteiger partial charge in [-0.3, -0.25) is 14.4 Å². The molecule has 0 aromatic carbocycles. The highest BCUT2D eigenvalue weighted by molar-refractivity contribution is 5.71. The van der Waals surface area contributed by atoms with Gasteiger partial charge in [-0.25, -0.2) is 0 Å². The highest BCUT2D eigenvalue weighted by Gasteiger charge is 2.19. The fraction of sp³-hybridized carbons (Fsp3) is 0.738. The van der Waals surface area contributed by atoms with Crippen molar-refractivity contribution in [3.63, 3.8) is 0 Å². The first-order chi connectivity index (χ1) is 35.0. The molecule has 6 nitrogen and oxygen atoms in total. The number of esters is 3. The third-order valence-corrected chi connectivity index (χ3v) is 12.9. The highest BCUT2D eigenvalue weighted by Crippen LogP contribution is 2.16. The molecule has 0 radical (unpaired) electrons. The van der Waals surface area contributed by atoms with Gasteiger partial charge in [0.15, 0.2) is 6.10 Å². The molecule has 0 saturated heterocycles. The van der Waals surface area contributed by atoms with Crippen LogP contribution in [0, 0.1) is 0 Å². The van der Waals surface area contributed by atoms with Gasteiger partial charge in [0.1, 0.15) is 13.2 Å². The van der Waals surface area contributed by atoms with Crippen LogP contribution in [0.15, 0.2) is 85.1 Å². The zero-order valence-corrected chi connectivity index (χ0v) is 46.7. The molecular weight excluding hydrogens is 877 g/mol. The summed E-state index contributed by atoms with van der Waals surface area (Å²) in [6.07, 6.45) is 77.2. The summed E-state index contributed by atoms with van der Waals surface area (Å²) < 4.78 is 16.9. The first kappa shape index (κ1) is 67.6. The molecule has 0 aliphatic rings. The molecule has 408 valence electrons. The molecule has 71 heavy (non-hydrogen) atoms. The summed E-state index contributed by atoms with van der Waals surface area (Å²) in [4.78, 5) is 38.2. The van der Waals surface area contributed by atoms with Gasteiger partial charge in [-0.1, -0.05) is 260 Å². The molecule has 1 atom stereocenters. The number of unbranched alkanes of at least 4 members (excludes halogenated alkanes) is 29. The van der Waals surface area contributed by atoms with E-state index in [0.29, 0.717) is 19.3 Å². The van der Waals surface area contributed by atoms with Crippen LogP contribution < -0.4 is 0 Å². The van der Waals surface area contributed by atoms with E-state index >= 15 is 0 Å². The molecule has 0 rings (SSSR count). The van der Waals surface area contributed by atoms with Crippen LogP contribution >= 0.6 is 0 Å². The molecular formula is C65H112O6. The van der Waals surface area contributed by atoms with Crippen molar-refractivity contribution in [3.8, 4) is 0 Å². The van der Waals surface area contributed by atoms with Crippen molar-refractivity contribution in [2.45, 2.75) is 297 Å². The van der Waals surface area contributed by atoms with Gasteiger partial charge in [0.2, 0.25) is 0 Å². The summed E-state index contributed by atoms with van der Waals surface area (Å²) in [5.74, 6) is -0.939.